The van der Waals surface area contributed by atoms with Gasteiger partial charge in [-0.15, -0.1) is 0 Å². The smallest absolute Gasteiger partial charge is 0.0261 e. The average Bonchev–Trinajstić information content (AvgIpc) is 2.19. The van der Waals surface area contributed by atoms with E-state index in [4.69, 9.17) is 0 Å². The fourth-order valence-corrected chi connectivity index (χ4v) is 0.987. The molecule has 0 atom stereocenters. The van der Waals surface area contributed by atoms with Crippen LogP contribution in [0.1, 0.15) is 19.8 Å². The zero-order valence-electron chi connectivity index (χ0n) is 5.28. The molecule has 0 N–H and O–H groups in total. The molecule has 0 aliphatic carbocycles. The van der Waals surface area contributed by atoms with Gasteiger partial charge in [-0.25, -0.2) is 0 Å². The van der Waals surface area contributed by atoms with Crippen molar-refractivity contribution in [1.82, 2.24) is 4.90 Å². The molecule has 0 amide bonds. The minimum atomic E-state index is 1.18. The summed E-state index contributed by atoms with van der Waals surface area (Å²) in [6.45, 7) is 4.25. The van der Waals surface area contributed by atoms with Crippen LogP contribution < -0.4 is 0 Å². The predicted octanol–water partition coefficient (Wildman–Crippen LogP) is 1.06. The summed E-state index contributed by atoms with van der Waals surface area (Å²) in [4.78, 5) is 2.18. The van der Waals surface area contributed by atoms with Crippen LogP contribution in [0, 0.1) is 12.0 Å². The van der Waals surface area contributed by atoms with E-state index in [1.807, 2.05) is 6.92 Å². The molecule has 0 bridgehead atoms. The van der Waals surface area contributed by atoms with E-state index in [0.717, 1.165) is 0 Å². The molecule has 0 spiro atoms. The zero-order chi connectivity index (χ0) is 5.82. The third kappa shape index (κ3) is 1.16. The van der Waals surface area contributed by atoms with E-state index in [-0.39, 0.29) is 0 Å². The first-order chi connectivity index (χ1) is 3.93. The first kappa shape index (κ1) is 5.50. The number of nitrogens with zero attached hydrogens (tertiary/aromatic N) is 1. The molecule has 1 heteroatoms. The molecule has 1 saturated heterocycles. The lowest BCUT2D eigenvalue weighted by molar-refractivity contribution is 0.496. The van der Waals surface area contributed by atoms with Crippen LogP contribution in [0.15, 0.2) is 0 Å². The van der Waals surface area contributed by atoms with E-state index in [1.54, 1.807) is 0 Å². The molecular formula is C7H11N. The van der Waals surface area contributed by atoms with E-state index in [9.17, 15) is 0 Å². The summed E-state index contributed by atoms with van der Waals surface area (Å²) in [5.41, 5.74) is 0. The van der Waals surface area contributed by atoms with Gasteiger partial charge in [0.15, 0.2) is 0 Å². The Morgan fingerprint density at radius 3 is 2.38 bits per heavy atom. The monoisotopic (exact) mass is 109 g/mol. The fourth-order valence-electron chi connectivity index (χ4n) is 0.987. The highest BCUT2D eigenvalue weighted by Crippen LogP contribution is 2.04. The van der Waals surface area contributed by atoms with Gasteiger partial charge in [0.25, 0.3) is 0 Å². The van der Waals surface area contributed by atoms with Crippen molar-refractivity contribution in [3.05, 3.63) is 0 Å². The van der Waals surface area contributed by atoms with Crippen LogP contribution in [0.4, 0.5) is 0 Å². The molecule has 1 aliphatic rings. The topological polar surface area (TPSA) is 3.24 Å². The van der Waals surface area contributed by atoms with Gasteiger partial charge in [0, 0.05) is 19.1 Å². The quantitative estimate of drug-likeness (QED) is 0.420. The maximum atomic E-state index is 3.03. The minimum absolute atomic E-state index is 1.18. The Hall–Kier alpha value is -0.640. The average molecular weight is 109 g/mol. The summed E-state index contributed by atoms with van der Waals surface area (Å²) in [6, 6.07) is 3.03. The van der Waals surface area contributed by atoms with Crippen LogP contribution in [0.3, 0.4) is 0 Å². The molecule has 1 nitrogen and oxygen atoms in total. The van der Waals surface area contributed by atoms with Crippen LogP contribution in [-0.2, 0) is 0 Å². The molecule has 0 radical (unpaired) electrons. The molecule has 0 unspecified atom stereocenters. The third-order valence-corrected chi connectivity index (χ3v) is 1.38. The van der Waals surface area contributed by atoms with Crippen LogP contribution in [0.2, 0.25) is 0 Å². The molecule has 1 rings (SSSR count). The third-order valence-electron chi connectivity index (χ3n) is 1.38. The van der Waals surface area contributed by atoms with Gasteiger partial charge in [0.2, 0.25) is 0 Å². The molecule has 0 saturated carbocycles. The zero-order valence-corrected chi connectivity index (χ0v) is 5.28. The summed E-state index contributed by atoms with van der Waals surface area (Å²) >= 11 is 0. The van der Waals surface area contributed by atoms with Crippen molar-refractivity contribution >= 4 is 0 Å². The lowest BCUT2D eigenvalue weighted by Crippen LogP contribution is -2.10. The van der Waals surface area contributed by atoms with Crippen LogP contribution >= 0.6 is 0 Å². The molecule has 1 heterocycles. The van der Waals surface area contributed by atoms with Crippen LogP contribution in [-0.4, -0.2) is 18.0 Å². The van der Waals surface area contributed by atoms with E-state index in [0.29, 0.717) is 0 Å². The van der Waals surface area contributed by atoms with Gasteiger partial charge in [-0.2, -0.15) is 0 Å². The Morgan fingerprint density at radius 1 is 1.25 bits per heavy atom. The summed E-state index contributed by atoms with van der Waals surface area (Å²) in [5, 5.41) is 0. The predicted molar refractivity (Wildman–Crippen MR) is 34.3 cm³/mol. The summed E-state index contributed by atoms with van der Waals surface area (Å²) < 4.78 is 0. The minimum Gasteiger partial charge on any atom is -0.333 e. The van der Waals surface area contributed by atoms with Gasteiger partial charge in [-0.05, 0) is 19.8 Å². The number of hydrogen-bond acceptors (Lipinski definition) is 1. The first-order valence-corrected chi connectivity index (χ1v) is 3.11. The second-order valence-electron chi connectivity index (χ2n) is 2.06. The lowest BCUT2D eigenvalue weighted by Gasteiger charge is -2.04. The van der Waals surface area contributed by atoms with Gasteiger partial charge in [-0.1, -0.05) is 5.92 Å². The van der Waals surface area contributed by atoms with Gasteiger partial charge < -0.3 is 4.90 Å². The Kier molecular flexibility index (Phi) is 1.80. The lowest BCUT2D eigenvalue weighted by atomic mass is 10.4. The highest BCUT2D eigenvalue weighted by atomic mass is 15.1. The molecule has 0 aromatic carbocycles. The molecule has 8 heavy (non-hydrogen) atoms. The highest BCUT2D eigenvalue weighted by molar-refractivity contribution is 4.96. The van der Waals surface area contributed by atoms with Gasteiger partial charge in [0.05, 0.1) is 0 Å². The van der Waals surface area contributed by atoms with Crippen LogP contribution in [0.5, 0.6) is 0 Å². The van der Waals surface area contributed by atoms with Gasteiger partial charge in [0.1, 0.15) is 0 Å². The Morgan fingerprint density at radius 2 is 1.88 bits per heavy atom. The fraction of sp³-hybridized carbons (Fsp3) is 0.714. The van der Waals surface area contributed by atoms with Crippen molar-refractivity contribution < 1.29 is 0 Å². The van der Waals surface area contributed by atoms with E-state index in [1.165, 1.54) is 25.9 Å². The van der Waals surface area contributed by atoms with E-state index < -0.39 is 0 Å². The molecular weight excluding hydrogens is 98.1 g/mol. The van der Waals surface area contributed by atoms with E-state index >= 15 is 0 Å². The van der Waals surface area contributed by atoms with Gasteiger partial charge >= 0.3 is 0 Å². The van der Waals surface area contributed by atoms with Crippen molar-refractivity contribution in [3.8, 4) is 12.0 Å². The number of hydrogen-bond donors (Lipinski definition) is 0. The molecule has 0 aromatic rings. The SMILES string of the molecule is CC#CN1CCCC1. The van der Waals surface area contributed by atoms with Gasteiger partial charge in [-0.3, -0.25) is 0 Å². The van der Waals surface area contributed by atoms with Crippen molar-refractivity contribution in [3.63, 3.8) is 0 Å². The molecule has 1 aliphatic heterocycles. The second-order valence-corrected chi connectivity index (χ2v) is 2.06. The van der Waals surface area contributed by atoms with Crippen LogP contribution in [0.25, 0.3) is 0 Å². The molecule has 0 aromatic heterocycles. The van der Waals surface area contributed by atoms with Crippen molar-refractivity contribution in [1.29, 1.82) is 0 Å². The standard InChI is InChI=1S/C7H11N/c1-2-5-8-6-3-4-7-8/h3-4,6-7H2,1H3. The summed E-state index contributed by atoms with van der Waals surface area (Å²) in [6.07, 6.45) is 2.66. The summed E-state index contributed by atoms with van der Waals surface area (Å²) in [5.74, 6) is 2.89. The molecule has 44 valence electrons. The van der Waals surface area contributed by atoms with Crippen molar-refractivity contribution in [2.24, 2.45) is 0 Å². The van der Waals surface area contributed by atoms with Crippen molar-refractivity contribution in [2.75, 3.05) is 13.1 Å². The van der Waals surface area contributed by atoms with Crippen molar-refractivity contribution in [2.45, 2.75) is 19.8 Å². The van der Waals surface area contributed by atoms with E-state index in [2.05, 4.69) is 16.9 Å². The highest BCUT2D eigenvalue weighted by Gasteiger charge is 2.05. The molecule has 1 fully saturated rings. The Balaban J connectivity index is 2.32. The maximum absolute atomic E-state index is 3.03. The Bertz CT molecular complexity index is 112. The summed E-state index contributed by atoms with van der Waals surface area (Å²) in [7, 11) is 0. The number of likely N-dealkylation sites (tertiary alicyclic amines) is 1. The number of rotatable bonds is 0. The Labute approximate surface area is 50.7 Å². The second kappa shape index (κ2) is 2.61. The first-order valence-electron chi connectivity index (χ1n) is 3.11. The normalized spacial score (nSPS) is 17.9. The maximum Gasteiger partial charge on any atom is 0.0261 e. The largest absolute Gasteiger partial charge is 0.333 e.